The number of carbonyl (C=O) groups excluding carboxylic acids is 2. The third-order valence-electron chi connectivity index (χ3n) is 5.41. The fourth-order valence-corrected chi connectivity index (χ4v) is 3.88. The molecular weight excluding hydrogens is 408 g/mol. The van der Waals surface area contributed by atoms with Crippen LogP contribution in [0.1, 0.15) is 12.8 Å². The van der Waals surface area contributed by atoms with E-state index >= 15 is 0 Å². The SMILES string of the molecule is O=C(Cn1cnc2c(cnn2-c2ccccc2)c1=O)Nc1ccccc1N1CCCC1=O. The van der Waals surface area contributed by atoms with E-state index in [0.29, 0.717) is 35.4 Å². The Morgan fingerprint density at radius 3 is 2.59 bits per heavy atom. The molecule has 160 valence electrons. The number of fused-ring (bicyclic) bond motifs is 1. The van der Waals surface area contributed by atoms with Crippen molar-refractivity contribution in [2.45, 2.75) is 19.4 Å². The normalized spacial score (nSPS) is 13.6. The first kappa shape index (κ1) is 19.7. The molecule has 4 aromatic rings. The van der Waals surface area contributed by atoms with Gasteiger partial charge in [0.1, 0.15) is 18.3 Å². The minimum atomic E-state index is -0.386. The molecule has 2 aromatic heterocycles. The van der Waals surface area contributed by atoms with Gasteiger partial charge in [-0.15, -0.1) is 0 Å². The van der Waals surface area contributed by atoms with Crippen LogP contribution >= 0.6 is 0 Å². The Balaban J connectivity index is 1.39. The molecule has 32 heavy (non-hydrogen) atoms. The average Bonchev–Trinajstić information content (AvgIpc) is 3.43. The number of nitrogens with one attached hydrogen (secondary N) is 1. The molecule has 0 aliphatic carbocycles. The second-order valence-corrected chi connectivity index (χ2v) is 7.52. The van der Waals surface area contributed by atoms with E-state index in [4.69, 9.17) is 0 Å². The predicted octanol–water partition coefficient (Wildman–Crippen LogP) is 2.35. The van der Waals surface area contributed by atoms with Crippen molar-refractivity contribution in [3.63, 3.8) is 0 Å². The van der Waals surface area contributed by atoms with Gasteiger partial charge < -0.3 is 10.2 Å². The van der Waals surface area contributed by atoms with Crippen LogP contribution in [0.5, 0.6) is 0 Å². The van der Waals surface area contributed by atoms with Crippen LogP contribution in [-0.2, 0) is 16.1 Å². The summed E-state index contributed by atoms with van der Waals surface area (Å²) in [6, 6.07) is 16.5. The van der Waals surface area contributed by atoms with Gasteiger partial charge in [-0.25, -0.2) is 9.67 Å². The molecule has 2 aromatic carbocycles. The van der Waals surface area contributed by atoms with Gasteiger partial charge in [-0.3, -0.25) is 19.0 Å². The number of hydrogen-bond donors (Lipinski definition) is 1. The molecule has 5 rings (SSSR count). The maximum atomic E-state index is 12.9. The second kappa shape index (κ2) is 8.10. The monoisotopic (exact) mass is 428 g/mol. The van der Waals surface area contributed by atoms with E-state index in [0.717, 1.165) is 12.1 Å². The number of amides is 2. The third-order valence-corrected chi connectivity index (χ3v) is 5.41. The standard InChI is InChI=1S/C23H20N6O3/c30-20(26-18-9-4-5-10-19(18)28-12-6-11-21(28)31)14-27-15-24-22-17(23(27)32)13-25-29(22)16-7-2-1-3-8-16/h1-5,7-10,13,15H,6,11-12,14H2,(H,26,30). The first-order valence-corrected chi connectivity index (χ1v) is 10.3. The minimum Gasteiger partial charge on any atom is -0.323 e. The van der Waals surface area contributed by atoms with Crippen LogP contribution in [-0.4, -0.2) is 37.7 Å². The van der Waals surface area contributed by atoms with E-state index in [1.165, 1.54) is 17.1 Å². The Kier molecular flexibility index (Phi) is 4.98. The van der Waals surface area contributed by atoms with Crippen molar-refractivity contribution in [3.8, 4) is 5.69 Å². The Hall–Kier alpha value is -4.27. The molecule has 0 radical (unpaired) electrons. The van der Waals surface area contributed by atoms with Crippen molar-refractivity contribution < 1.29 is 9.59 Å². The summed E-state index contributed by atoms with van der Waals surface area (Å²) in [5, 5.41) is 7.43. The maximum Gasteiger partial charge on any atom is 0.264 e. The lowest BCUT2D eigenvalue weighted by molar-refractivity contribution is -0.117. The molecule has 3 heterocycles. The molecule has 1 aliphatic heterocycles. The number of aromatic nitrogens is 4. The smallest absolute Gasteiger partial charge is 0.264 e. The molecule has 2 amide bonds. The van der Waals surface area contributed by atoms with Gasteiger partial charge in [0.2, 0.25) is 11.8 Å². The molecular formula is C23H20N6O3. The summed E-state index contributed by atoms with van der Waals surface area (Å²) in [4.78, 5) is 43.8. The molecule has 9 heteroatoms. The summed E-state index contributed by atoms with van der Waals surface area (Å²) in [5.41, 5.74) is 2.06. The van der Waals surface area contributed by atoms with Gasteiger partial charge in [-0.05, 0) is 30.7 Å². The van der Waals surface area contributed by atoms with Crippen molar-refractivity contribution in [1.82, 2.24) is 19.3 Å². The molecule has 9 nitrogen and oxygen atoms in total. The highest BCUT2D eigenvalue weighted by Crippen LogP contribution is 2.29. The number of nitrogens with zero attached hydrogens (tertiary/aromatic N) is 5. The summed E-state index contributed by atoms with van der Waals surface area (Å²) in [6.45, 7) is 0.414. The van der Waals surface area contributed by atoms with Crippen LogP contribution < -0.4 is 15.8 Å². The first-order chi connectivity index (χ1) is 15.6. The summed E-state index contributed by atoms with van der Waals surface area (Å²) < 4.78 is 2.84. The van der Waals surface area contributed by atoms with Gasteiger partial charge in [-0.1, -0.05) is 30.3 Å². The summed E-state index contributed by atoms with van der Waals surface area (Å²) in [5.74, 6) is -0.351. The third kappa shape index (κ3) is 3.53. The molecule has 0 spiro atoms. The zero-order valence-electron chi connectivity index (χ0n) is 17.1. The summed E-state index contributed by atoms with van der Waals surface area (Å²) in [6.07, 6.45) is 4.10. The highest BCUT2D eigenvalue weighted by atomic mass is 16.2. The maximum absolute atomic E-state index is 12.9. The topological polar surface area (TPSA) is 102 Å². The number of anilines is 2. The molecule has 1 saturated heterocycles. The van der Waals surface area contributed by atoms with Crippen LogP contribution in [0.3, 0.4) is 0 Å². The van der Waals surface area contributed by atoms with E-state index in [2.05, 4.69) is 15.4 Å². The lowest BCUT2D eigenvalue weighted by Gasteiger charge is -2.20. The predicted molar refractivity (Wildman–Crippen MR) is 120 cm³/mol. The molecule has 0 atom stereocenters. The van der Waals surface area contributed by atoms with Gasteiger partial charge >= 0.3 is 0 Å². The lowest BCUT2D eigenvalue weighted by Crippen LogP contribution is -2.29. The van der Waals surface area contributed by atoms with Crippen LogP contribution in [0.25, 0.3) is 16.7 Å². The van der Waals surface area contributed by atoms with Gasteiger partial charge in [0, 0.05) is 13.0 Å². The van der Waals surface area contributed by atoms with Gasteiger partial charge in [0.15, 0.2) is 5.65 Å². The molecule has 1 aliphatic rings. The first-order valence-electron chi connectivity index (χ1n) is 10.3. The van der Waals surface area contributed by atoms with Crippen molar-refractivity contribution in [1.29, 1.82) is 0 Å². The van der Waals surface area contributed by atoms with Gasteiger partial charge in [-0.2, -0.15) is 5.10 Å². The molecule has 0 saturated carbocycles. The largest absolute Gasteiger partial charge is 0.323 e. The second-order valence-electron chi connectivity index (χ2n) is 7.52. The number of rotatable bonds is 5. The van der Waals surface area contributed by atoms with E-state index in [1.807, 2.05) is 36.4 Å². The fourth-order valence-electron chi connectivity index (χ4n) is 3.88. The lowest BCUT2D eigenvalue weighted by atomic mass is 10.2. The van der Waals surface area contributed by atoms with Crippen molar-refractivity contribution >= 4 is 34.2 Å². The van der Waals surface area contributed by atoms with E-state index in [-0.39, 0.29) is 23.9 Å². The Morgan fingerprint density at radius 2 is 1.81 bits per heavy atom. The molecule has 0 bridgehead atoms. The highest BCUT2D eigenvalue weighted by Gasteiger charge is 2.24. The highest BCUT2D eigenvalue weighted by molar-refractivity contribution is 6.02. The van der Waals surface area contributed by atoms with Gasteiger partial charge in [0.25, 0.3) is 5.56 Å². The number of carbonyl (C=O) groups is 2. The van der Waals surface area contributed by atoms with Crippen LogP contribution in [0.15, 0.2) is 71.9 Å². The van der Waals surface area contributed by atoms with E-state index in [9.17, 15) is 14.4 Å². The minimum absolute atomic E-state index is 0.0352. The molecule has 1 fully saturated rings. The Labute approximate surface area is 182 Å². The van der Waals surface area contributed by atoms with E-state index in [1.54, 1.807) is 27.8 Å². The Morgan fingerprint density at radius 1 is 1.03 bits per heavy atom. The number of benzene rings is 2. The summed E-state index contributed by atoms with van der Waals surface area (Å²) >= 11 is 0. The average molecular weight is 428 g/mol. The zero-order chi connectivity index (χ0) is 22.1. The van der Waals surface area contributed by atoms with Crippen molar-refractivity contribution in [3.05, 3.63) is 77.5 Å². The molecule has 1 N–H and O–H groups in total. The van der Waals surface area contributed by atoms with Gasteiger partial charge in [0.05, 0.1) is 23.3 Å². The fraction of sp³-hybridized carbons (Fsp3) is 0.174. The van der Waals surface area contributed by atoms with Crippen LogP contribution in [0, 0.1) is 0 Å². The zero-order valence-corrected chi connectivity index (χ0v) is 17.1. The number of hydrogen-bond acceptors (Lipinski definition) is 5. The Bertz CT molecular complexity index is 1380. The van der Waals surface area contributed by atoms with Crippen LogP contribution in [0.2, 0.25) is 0 Å². The summed E-state index contributed by atoms with van der Waals surface area (Å²) in [7, 11) is 0. The van der Waals surface area contributed by atoms with Crippen molar-refractivity contribution in [2.75, 3.05) is 16.8 Å². The molecule has 0 unspecified atom stereocenters. The van der Waals surface area contributed by atoms with Crippen LogP contribution in [0.4, 0.5) is 11.4 Å². The van der Waals surface area contributed by atoms with E-state index < -0.39 is 0 Å². The quantitative estimate of drug-likeness (QED) is 0.526. The number of para-hydroxylation sites is 3. The van der Waals surface area contributed by atoms with Crippen molar-refractivity contribution in [2.24, 2.45) is 0 Å².